The zero-order valence-corrected chi connectivity index (χ0v) is 12.7. The van der Waals surface area contributed by atoms with Gasteiger partial charge in [0.05, 0.1) is 18.8 Å². The van der Waals surface area contributed by atoms with Crippen LogP contribution >= 0.6 is 0 Å². The number of nitrogens with one attached hydrogen (secondary N) is 1. The number of ether oxygens (including phenoxy) is 2. The van der Waals surface area contributed by atoms with E-state index in [4.69, 9.17) is 9.47 Å². The second kappa shape index (κ2) is 5.87. The summed E-state index contributed by atoms with van der Waals surface area (Å²) in [6.45, 7) is 8.94. The monoisotopic (exact) mass is 280 g/mol. The molecular formula is C15H24N2O3. The summed E-state index contributed by atoms with van der Waals surface area (Å²) in [7, 11) is 0. The van der Waals surface area contributed by atoms with Crippen molar-refractivity contribution < 1.29 is 14.3 Å². The molecule has 0 aromatic carbocycles. The summed E-state index contributed by atoms with van der Waals surface area (Å²) in [4.78, 5) is 16.8. The fourth-order valence-corrected chi connectivity index (χ4v) is 2.29. The van der Waals surface area contributed by atoms with Gasteiger partial charge in [0.1, 0.15) is 5.60 Å². The molecule has 1 unspecified atom stereocenters. The minimum Gasteiger partial charge on any atom is -0.444 e. The second-order valence-corrected chi connectivity index (χ2v) is 6.24. The van der Waals surface area contributed by atoms with Crippen LogP contribution in [-0.4, -0.2) is 40.8 Å². The van der Waals surface area contributed by atoms with Gasteiger partial charge in [0.2, 0.25) is 0 Å². The predicted octanol–water partition coefficient (Wildman–Crippen LogP) is 3.10. The molecule has 2 rings (SSSR count). The maximum Gasteiger partial charge on any atom is 0.410 e. The number of nitrogens with zero attached hydrogens (tertiary/aromatic N) is 1. The molecule has 0 aliphatic carbocycles. The highest BCUT2D eigenvalue weighted by atomic mass is 16.6. The molecule has 1 aliphatic heterocycles. The van der Waals surface area contributed by atoms with Gasteiger partial charge in [0, 0.05) is 18.4 Å². The molecule has 1 amide bonds. The average Bonchev–Trinajstić information content (AvgIpc) is 2.97. The van der Waals surface area contributed by atoms with Crippen molar-refractivity contribution in [2.24, 2.45) is 0 Å². The maximum atomic E-state index is 12.0. The molecule has 0 radical (unpaired) electrons. The normalized spacial score (nSPS) is 21.0. The smallest absolute Gasteiger partial charge is 0.410 e. The van der Waals surface area contributed by atoms with Gasteiger partial charge in [0.15, 0.2) is 0 Å². The highest BCUT2D eigenvalue weighted by Crippen LogP contribution is 2.23. The van der Waals surface area contributed by atoms with Crippen molar-refractivity contribution in [3.05, 3.63) is 24.0 Å². The van der Waals surface area contributed by atoms with Crippen molar-refractivity contribution in [3.63, 3.8) is 0 Å². The Morgan fingerprint density at radius 3 is 2.85 bits per heavy atom. The summed E-state index contributed by atoms with van der Waals surface area (Å²) < 4.78 is 11.4. The van der Waals surface area contributed by atoms with Gasteiger partial charge in [0.25, 0.3) is 0 Å². The number of likely N-dealkylation sites (tertiary alicyclic amines) is 1. The number of carbonyl (C=O) groups excluding carboxylic acids is 1. The largest absolute Gasteiger partial charge is 0.444 e. The first kappa shape index (κ1) is 14.9. The van der Waals surface area contributed by atoms with Crippen molar-refractivity contribution in [2.45, 2.75) is 51.9 Å². The van der Waals surface area contributed by atoms with Crippen LogP contribution in [0, 0.1) is 0 Å². The van der Waals surface area contributed by atoms with E-state index in [1.807, 2.05) is 46.0 Å². The van der Waals surface area contributed by atoms with Crippen molar-refractivity contribution >= 4 is 6.09 Å². The Labute approximate surface area is 120 Å². The van der Waals surface area contributed by atoms with Gasteiger partial charge in [-0.3, -0.25) is 0 Å². The molecule has 1 aromatic heterocycles. The first-order valence-corrected chi connectivity index (χ1v) is 7.12. The Balaban J connectivity index is 1.82. The third-order valence-electron chi connectivity index (χ3n) is 3.25. The molecule has 5 nitrogen and oxygen atoms in total. The number of rotatable bonds is 3. The molecule has 0 saturated carbocycles. The van der Waals surface area contributed by atoms with Gasteiger partial charge < -0.3 is 19.4 Å². The second-order valence-electron chi connectivity index (χ2n) is 6.24. The lowest BCUT2D eigenvalue weighted by atomic mass is 10.2. The average molecular weight is 280 g/mol. The van der Waals surface area contributed by atoms with Crippen molar-refractivity contribution in [2.75, 3.05) is 13.1 Å². The lowest BCUT2D eigenvalue weighted by molar-refractivity contribution is -0.00538. The summed E-state index contributed by atoms with van der Waals surface area (Å²) >= 11 is 0. The minimum atomic E-state index is -0.451. The third-order valence-corrected chi connectivity index (χ3v) is 3.25. The first-order chi connectivity index (χ1) is 9.35. The molecule has 20 heavy (non-hydrogen) atoms. The van der Waals surface area contributed by atoms with Gasteiger partial charge in [-0.05, 0) is 46.2 Å². The molecule has 1 saturated heterocycles. The SMILES string of the molecule is CC(O[C@@H]1CCN(C(=O)OC(C)(C)C)C1)c1ccc[nH]1. The van der Waals surface area contributed by atoms with Crippen LogP contribution in [0.4, 0.5) is 4.79 Å². The zero-order chi connectivity index (χ0) is 14.8. The summed E-state index contributed by atoms with van der Waals surface area (Å²) in [5.74, 6) is 0. The Hall–Kier alpha value is -1.49. The van der Waals surface area contributed by atoms with E-state index in [-0.39, 0.29) is 18.3 Å². The number of carbonyl (C=O) groups is 1. The first-order valence-electron chi connectivity index (χ1n) is 7.12. The fraction of sp³-hybridized carbons (Fsp3) is 0.667. The van der Waals surface area contributed by atoms with Crippen LogP contribution in [0.1, 0.15) is 45.9 Å². The molecule has 112 valence electrons. The van der Waals surface area contributed by atoms with E-state index in [1.165, 1.54) is 0 Å². The van der Waals surface area contributed by atoms with Crippen LogP contribution in [0.5, 0.6) is 0 Å². The molecule has 1 aromatic rings. The molecule has 2 atom stereocenters. The Morgan fingerprint density at radius 1 is 1.50 bits per heavy atom. The van der Waals surface area contributed by atoms with Crippen molar-refractivity contribution in [3.8, 4) is 0 Å². The number of amides is 1. The molecular weight excluding hydrogens is 256 g/mol. The molecule has 1 N–H and O–H groups in total. The van der Waals surface area contributed by atoms with Crippen LogP contribution in [0.2, 0.25) is 0 Å². The Kier molecular flexibility index (Phi) is 4.38. The quantitative estimate of drug-likeness (QED) is 0.925. The zero-order valence-electron chi connectivity index (χ0n) is 12.7. The van der Waals surface area contributed by atoms with E-state index in [2.05, 4.69) is 4.98 Å². The lowest BCUT2D eigenvalue weighted by Gasteiger charge is -2.24. The summed E-state index contributed by atoms with van der Waals surface area (Å²) in [6, 6.07) is 3.96. The van der Waals surface area contributed by atoms with Crippen LogP contribution < -0.4 is 0 Å². The summed E-state index contributed by atoms with van der Waals surface area (Å²) in [5.41, 5.74) is 0.605. The van der Waals surface area contributed by atoms with Gasteiger partial charge in [-0.2, -0.15) is 0 Å². The van der Waals surface area contributed by atoms with Crippen molar-refractivity contribution in [1.29, 1.82) is 0 Å². The van der Waals surface area contributed by atoms with E-state index >= 15 is 0 Å². The van der Waals surface area contributed by atoms with Gasteiger partial charge in [-0.25, -0.2) is 4.79 Å². The van der Waals surface area contributed by atoms with Crippen LogP contribution in [0.3, 0.4) is 0 Å². The van der Waals surface area contributed by atoms with E-state index in [0.717, 1.165) is 12.1 Å². The van der Waals surface area contributed by atoms with E-state index in [1.54, 1.807) is 4.90 Å². The van der Waals surface area contributed by atoms with Crippen LogP contribution in [-0.2, 0) is 9.47 Å². The summed E-state index contributed by atoms with van der Waals surface area (Å²) in [6.07, 6.45) is 2.56. The standard InChI is InChI=1S/C15H24N2O3/c1-11(13-6-5-8-16-13)19-12-7-9-17(10-12)14(18)20-15(2,3)4/h5-6,8,11-12,16H,7,9-10H2,1-4H3/t11?,12-/m1/s1. The van der Waals surface area contributed by atoms with E-state index in [0.29, 0.717) is 13.1 Å². The van der Waals surface area contributed by atoms with Crippen LogP contribution in [0.15, 0.2) is 18.3 Å². The number of aromatic nitrogens is 1. The highest BCUT2D eigenvalue weighted by Gasteiger charge is 2.31. The maximum absolute atomic E-state index is 12.0. The molecule has 2 heterocycles. The lowest BCUT2D eigenvalue weighted by Crippen LogP contribution is -2.36. The molecule has 0 spiro atoms. The Morgan fingerprint density at radius 2 is 2.25 bits per heavy atom. The predicted molar refractivity (Wildman–Crippen MR) is 76.5 cm³/mol. The minimum absolute atomic E-state index is 0.00795. The molecule has 1 aliphatic rings. The fourth-order valence-electron chi connectivity index (χ4n) is 2.29. The van der Waals surface area contributed by atoms with Gasteiger partial charge >= 0.3 is 6.09 Å². The molecule has 0 bridgehead atoms. The van der Waals surface area contributed by atoms with Gasteiger partial charge in [-0.15, -0.1) is 0 Å². The number of H-pyrrole nitrogens is 1. The Bertz CT molecular complexity index is 436. The molecule has 5 heteroatoms. The van der Waals surface area contributed by atoms with E-state index < -0.39 is 5.60 Å². The van der Waals surface area contributed by atoms with Crippen LogP contribution in [0.25, 0.3) is 0 Å². The number of hydrogen-bond acceptors (Lipinski definition) is 3. The highest BCUT2D eigenvalue weighted by molar-refractivity contribution is 5.68. The number of aromatic amines is 1. The van der Waals surface area contributed by atoms with Gasteiger partial charge in [-0.1, -0.05) is 0 Å². The van der Waals surface area contributed by atoms with Crippen molar-refractivity contribution in [1.82, 2.24) is 9.88 Å². The molecule has 1 fully saturated rings. The van der Waals surface area contributed by atoms with E-state index in [9.17, 15) is 4.79 Å². The summed E-state index contributed by atoms with van der Waals surface area (Å²) in [5, 5.41) is 0. The number of hydrogen-bond donors (Lipinski definition) is 1. The topological polar surface area (TPSA) is 54.6 Å². The third kappa shape index (κ3) is 4.00.